The highest BCUT2D eigenvalue weighted by Gasteiger charge is 2.15. The number of sulfone groups is 1. The molecule has 0 saturated carbocycles. The molecule has 0 unspecified atom stereocenters. The van der Waals surface area contributed by atoms with Crippen LogP contribution in [-0.4, -0.2) is 57.9 Å². The zero-order valence-electron chi connectivity index (χ0n) is 11.5. The van der Waals surface area contributed by atoms with Crippen LogP contribution >= 0.6 is 11.6 Å². The monoisotopic (exact) mass is 331 g/mol. The van der Waals surface area contributed by atoms with Crippen LogP contribution in [-0.2, 0) is 14.6 Å². The summed E-state index contributed by atoms with van der Waals surface area (Å²) in [5.41, 5.74) is 5.84. The number of nitrogens with two attached hydrogens (primary N) is 1. The van der Waals surface area contributed by atoms with Gasteiger partial charge < -0.3 is 15.4 Å². The second-order valence-corrected chi connectivity index (χ2v) is 7.16. The predicted octanol–water partition coefficient (Wildman–Crippen LogP) is 0.761. The Morgan fingerprint density at radius 2 is 1.90 bits per heavy atom. The largest absolute Gasteiger partial charge is 0.378 e. The molecule has 0 amide bonds. The SMILES string of the molecule is NC(=NCCS(=O)(=O)c1ccc(Cl)cc1)N1CCOCC1. The number of nitrogens with zero attached hydrogens (tertiary/aromatic N) is 2. The predicted molar refractivity (Wildman–Crippen MR) is 82.4 cm³/mol. The molecule has 116 valence electrons. The summed E-state index contributed by atoms with van der Waals surface area (Å²) in [7, 11) is -3.37. The van der Waals surface area contributed by atoms with E-state index in [-0.39, 0.29) is 17.2 Å². The molecule has 1 fully saturated rings. The molecule has 0 bridgehead atoms. The lowest BCUT2D eigenvalue weighted by Crippen LogP contribution is -2.45. The van der Waals surface area contributed by atoms with Gasteiger partial charge in [-0.3, -0.25) is 4.99 Å². The smallest absolute Gasteiger partial charge is 0.191 e. The molecule has 8 heteroatoms. The van der Waals surface area contributed by atoms with Crippen LogP contribution in [0.5, 0.6) is 0 Å². The van der Waals surface area contributed by atoms with Crippen LogP contribution in [0.15, 0.2) is 34.2 Å². The first kappa shape index (κ1) is 16.1. The Balaban J connectivity index is 1.93. The Morgan fingerprint density at radius 3 is 2.52 bits per heavy atom. The van der Waals surface area contributed by atoms with Crippen LogP contribution in [0.1, 0.15) is 0 Å². The molecule has 0 atom stereocenters. The van der Waals surface area contributed by atoms with Crippen LogP contribution in [0.25, 0.3) is 0 Å². The fourth-order valence-corrected chi connectivity index (χ4v) is 3.18. The number of rotatable bonds is 4. The van der Waals surface area contributed by atoms with E-state index in [0.29, 0.717) is 37.3 Å². The van der Waals surface area contributed by atoms with Gasteiger partial charge in [0.15, 0.2) is 15.8 Å². The normalized spacial score (nSPS) is 17.0. The molecule has 1 aromatic carbocycles. The first-order valence-electron chi connectivity index (χ1n) is 6.60. The van der Waals surface area contributed by atoms with Gasteiger partial charge in [-0.25, -0.2) is 8.42 Å². The molecule has 0 radical (unpaired) electrons. The number of halogens is 1. The van der Waals surface area contributed by atoms with E-state index in [0.717, 1.165) is 0 Å². The maximum atomic E-state index is 12.1. The van der Waals surface area contributed by atoms with Crippen LogP contribution in [0.2, 0.25) is 5.02 Å². The number of hydrogen-bond acceptors (Lipinski definition) is 4. The van der Waals surface area contributed by atoms with Crippen molar-refractivity contribution in [3.63, 3.8) is 0 Å². The fraction of sp³-hybridized carbons (Fsp3) is 0.462. The summed E-state index contributed by atoms with van der Waals surface area (Å²) in [6.07, 6.45) is 0. The Hall–Kier alpha value is -1.31. The lowest BCUT2D eigenvalue weighted by molar-refractivity contribution is 0.0674. The number of ether oxygens (including phenoxy) is 1. The third kappa shape index (κ3) is 4.59. The second kappa shape index (κ2) is 7.11. The van der Waals surface area contributed by atoms with Crippen molar-refractivity contribution in [1.29, 1.82) is 0 Å². The Labute approximate surface area is 129 Å². The fourth-order valence-electron chi connectivity index (χ4n) is 1.93. The van der Waals surface area contributed by atoms with E-state index in [4.69, 9.17) is 22.1 Å². The summed E-state index contributed by atoms with van der Waals surface area (Å²) in [5, 5.41) is 0.503. The van der Waals surface area contributed by atoms with Crippen molar-refractivity contribution in [2.75, 3.05) is 38.6 Å². The standard InChI is InChI=1S/C13H18ClN3O3S/c14-11-1-3-12(4-2-11)21(18,19)10-5-16-13(15)17-6-8-20-9-7-17/h1-4H,5-10H2,(H2,15,16). The van der Waals surface area contributed by atoms with Crippen molar-refractivity contribution in [2.24, 2.45) is 10.7 Å². The molecule has 1 aliphatic rings. The van der Waals surface area contributed by atoms with Gasteiger partial charge in [-0.05, 0) is 24.3 Å². The zero-order valence-corrected chi connectivity index (χ0v) is 13.1. The number of hydrogen-bond donors (Lipinski definition) is 1. The molecule has 0 aromatic heterocycles. The van der Waals surface area contributed by atoms with Crippen molar-refractivity contribution in [3.05, 3.63) is 29.3 Å². The number of guanidine groups is 1. The lowest BCUT2D eigenvalue weighted by atomic mass is 10.4. The molecule has 1 heterocycles. The van der Waals surface area contributed by atoms with Gasteiger partial charge in [-0.15, -0.1) is 0 Å². The number of aliphatic imine (C=N–C) groups is 1. The maximum Gasteiger partial charge on any atom is 0.191 e. The minimum absolute atomic E-state index is 0.0837. The third-order valence-corrected chi connectivity index (χ3v) is 5.10. The molecule has 1 aromatic rings. The van der Waals surface area contributed by atoms with Gasteiger partial charge in [0.1, 0.15) is 0 Å². The van der Waals surface area contributed by atoms with E-state index in [1.807, 2.05) is 4.90 Å². The van der Waals surface area contributed by atoms with E-state index >= 15 is 0 Å². The van der Waals surface area contributed by atoms with Gasteiger partial charge >= 0.3 is 0 Å². The minimum atomic E-state index is -3.37. The van der Waals surface area contributed by atoms with Gasteiger partial charge in [0.05, 0.1) is 30.4 Å². The quantitative estimate of drug-likeness (QED) is 0.650. The molecule has 0 spiro atoms. The third-order valence-electron chi connectivity index (χ3n) is 3.14. The van der Waals surface area contributed by atoms with Crippen molar-refractivity contribution in [1.82, 2.24) is 4.90 Å². The molecule has 1 saturated heterocycles. The van der Waals surface area contributed by atoms with Crippen LogP contribution in [0, 0.1) is 0 Å². The molecular formula is C13H18ClN3O3S. The summed E-state index contributed by atoms with van der Waals surface area (Å²) in [6.45, 7) is 2.71. The topological polar surface area (TPSA) is 85.0 Å². The Morgan fingerprint density at radius 1 is 1.29 bits per heavy atom. The molecule has 21 heavy (non-hydrogen) atoms. The highest BCUT2D eigenvalue weighted by molar-refractivity contribution is 7.91. The van der Waals surface area contributed by atoms with Crippen molar-refractivity contribution in [2.45, 2.75) is 4.90 Å². The molecule has 2 N–H and O–H groups in total. The Bertz CT molecular complexity index is 596. The molecule has 1 aliphatic heterocycles. The van der Waals surface area contributed by atoms with Gasteiger partial charge in [0, 0.05) is 18.1 Å². The molecule has 2 rings (SSSR count). The summed E-state index contributed by atoms with van der Waals surface area (Å²) in [5.74, 6) is 0.282. The average Bonchev–Trinajstić information content (AvgIpc) is 2.48. The van der Waals surface area contributed by atoms with E-state index in [1.165, 1.54) is 12.1 Å². The molecule has 6 nitrogen and oxygen atoms in total. The van der Waals surface area contributed by atoms with Crippen molar-refractivity contribution < 1.29 is 13.2 Å². The summed E-state index contributed by atoms with van der Waals surface area (Å²) >= 11 is 5.74. The molecular weight excluding hydrogens is 314 g/mol. The zero-order chi connectivity index (χ0) is 15.3. The number of benzene rings is 1. The lowest BCUT2D eigenvalue weighted by Gasteiger charge is -2.27. The highest BCUT2D eigenvalue weighted by atomic mass is 35.5. The first-order chi connectivity index (χ1) is 9.99. The highest BCUT2D eigenvalue weighted by Crippen LogP contribution is 2.15. The van der Waals surface area contributed by atoms with Crippen molar-refractivity contribution >= 4 is 27.4 Å². The maximum absolute atomic E-state index is 12.1. The van der Waals surface area contributed by atoms with E-state index < -0.39 is 9.84 Å². The van der Waals surface area contributed by atoms with E-state index in [2.05, 4.69) is 4.99 Å². The minimum Gasteiger partial charge on any atom is -0.378 e. The summed E-state index contributed by atoms with van der Waals surface area (Å²) in [6, 6.07) is 6.10. The average molecular weight is 332 g/mol. The van der Waals surface area contributed by atoms with Crippen LogP contribution < -0.4 is 5.73 Å². The first-order valence-corrected chi connectivity index (χ1v) is 8.63. The van der Waals surface area contributed by atoms with E-state index in [9.17, 15) is 8.42 Å². The number of morpholine rings is 1. The van der Waals surface area contributed by atoms with E-state index in [1.54, 1.807) is 12.1 Å². The van der Waals surface area contributed by atoms with Gasteiger partial charge in [0.2, 0.25) is 0 Å². The van der Waals surface area contributed by atoms with Crippen molar-refractivity contribution in [3.8, 4) is 0 Å². The van der Waals surface area contributed by atoms with Crippen LogP contribution in [0.3, 0.4) is 0 Å². The second-order valence-electron chi connectivity index (χ2n) is 4.61. The summed E-state index contributed by atoms with van der Waals surface area (Å²) in [4.78, 5) is 6.27. The summed E-state index contributed by atoms with van der Waals surface area (Å²) < 4.78 is 29.4. The van der Waals surface area contributed by atoms with Gasteiger partial charge in [-0.1, -0.05) is 11.6 Å². The molecule has 0 aliphatic carbocycles. The Kier molecular flexibility index (Phi) is 5.44. The van der Waals surface area contributed by atoms with Gasteiger partial charge in [0.25, 0.3) is 0 Å². The van der Waals surface area contributed by atoms with Crippen LogP contribution in [0.4, 0.5) is 0 Å². The van der Waals surface area contributed by atoms with Gasteiger partial charge in [-0.2, -0.15) is 0 Å².